The largest absolute Gasteiger partial charge is 0.338 e. The standard InChI is InChI=1S/C18H20N4O3S2/c1-3-22(4-2)27(23,24)15-10-11-17(19-12-15)26-13-16-20-18(21-25-16)14-8-6-5-7-9-14/h5-12H,3-4,13H2,1-2H3. The number of thioether (sulfide) groups is 1. The molecular formula is C18H20N4O3S2. The Morgan fingerprint density at radius 3 is 2.44 bits per heavy atom. The summed E-state index contributed by atoms with van der Waals surface area (Å²) in [4.78, 5) is 8.81. The van der Waals surface area contributed by atoms with Crippen LogP contribution >= 0.6 is 11.8 Å². The van der Waals surface area contributed by atoms with Crippen molar-refractivity contribution in [2.45, 2.75) is 29.5 Å². The van der Waals surface area contributed by atoms with Crippen LogP contribution in [-0.2, 0) is 15.8 Å². The number of rotatable bonds is 8. The van der Waals surface area contributed by atoms with Gasteiger partial charge >= 0.3 is 0 Å². The zero-order valence-corrected chi connectivity index (χ0v) is 16.7. The molecule has 0 radical (unpaired) electrons. The van der Waals surface area contributed by atoms with Crippen LogP contribution in [0.1, 0.15) is 19.7 Å². The number of benzene rings is 1. The third kappa shape index (κ3) is 4.55. The van der Waals surface area contributed by atoms with Crippen molar-refractivity contribution in [1.29, 1.82) is 0 Å². The smallest absolute Gasteiger partial charge is 0.244 e. The molecule has 0 aliphatic carbocycles. The molecule has 0 saturated carbocycles. The molecule has 0 aliphatic rings. The first-order valence-electron chi connectivity index (χ1n) is 8.51. The minimum atomic E-state index is -3.49. The summed E-state index contributed by atoms with van der Waals surface area (Å²) < 4.78 is 31.6. The molecule has 3 aromatic rings. The summed E-state index contributed by atoms with van der Waals surface area (Å²) >= 11 is 1.41. The SMILES string of the molecule is CCN(CC)S(=O)(=O)c1ccc(SCc2nc(-c3ccccc3)no2)nc1. The Morgan fingerprint density at radius 1 is 1.07 bits per heavy atom. The first-order chi connectivity index (χ1) is 13.0. The summed E-state index contributed by atoms with van der Waals surface area (Å²) in [6.07, 6.45) is 1.39. The van der Waals surface area contributed by atoms with E-state index in [-0.39, 0.29) is 4.90 Å². The van der Waals surface area contributed by atoms with E-state index < -0.39 is 10.0 Å². The van der Waals surface area contributed by atoms with E-state index in [1.54, 1.807) is 12.1 Å². The van der Waals surface area contributed by atoms with Crippen molar-refractivity contribution >= 4 is 21.8 Å². The molecule has 7 nitrogen and oxygen atoms in total. The quantitative estimate of drug-likeness (QED) is 0.531. The lowest BCUT2D eigenvalue weighted by molar-refractivity contribution is 0.391. The Morgan fingerprint density at radius 2 is 1.81 bits per heavy atom. The van der Waals surface area contributed by atoms with Gasteiger partial charge in [-0.2, -0.15) is 9.29 Å². The topological polar surface area (TPSA) is 89.2 Å². The lowest BCUT2D eigenvalue weighted by Crippen LogP contribution is -2.30. The minimum Gasteiger partial charge on any atom is -0.338 e. The first kappa shape index (κ1) is 19.5. The van der Waals surface area contributed by atoms with Gasteiger partial charge in [-0.1, -0.05) is 61.1 Å². The van der Waals surface area contributed by atoms with Gasteiger partial charge in [-0.3, -0.25) is 0 Å². The second-order valence-electron chi connectivity index (χ2n) is 5.59. The molecule has 0 unspecified atom stereocenters. The van der Waals surface area contributed by atoms with Gasteiger partial charge in [0.15, 0.2) is 0 Å². The van der Waals surface area contributed by atoms with Crippen LogP contribution in [0.25, 0.3) is 11.4 Å². The second kappa shape index (κ2) is 8.64. The fourth-order valence-corrected chi connectivity index (χ4v) is 4.55. The van der Waals surface area contributed by atoms with Gasteiger partial charge in [0.05, 0.1) is 10.8 Å². The van der Waals surface area contributed by atoms with Crippen molar-refractivity contribution in [2.75, 3.05) is 13.1 Å². The summed E-state index contributed by atoms with van der Waals surface area (Å²) in [7, 11) is -3.49. The zero-order valence-electron chi connectivity index (χ0n) is 15.1. The Labute approximate surface area is 162 Å². The lowest BCUT2D eigenvalue weighted by atomic mass is 10.2. The number of sulfonamides is 1. The molecule has 1 aromatic carbocycles. The van der Waals surface area contributed by atoms with E-state index in [1.165, 1.54) is 22.3 Å². The van der Waals surface area contributed by atoms with E-state index in [0.717, 1.165) is 5.56 Å². The molecule has 2 aromatic heterocycles. The van der Waals surface area contributed by atoms with Gasteiger partial charge in [-0.25, -0.2) is 13.4 Å². The van der Waals surface area contributed by atoms with Crippen LogP contribution in [0.3, 0.4) is 0 Å². The maximum absolute atomic E-state index is 12.5. The molecule has 0 aliphatic heterocycles. The zero-order chi connectivity index (χ0) is 19.3. The molecule has 0 saturated heterocycles. The molecule has 0 atom stereocenters. The van der Waals surface area contributed by atoms with E-state index in [0.29, 0.717) is 35.6 Å². The highest BCUT2D eigenvalue weighted by Crippen LogP contribution is 2.23. The molecule has 27 heavy (non-hydrogen) atoms. The highest BCUT2D eigenvalue weighted by molar-refractivity contribution is 7.98. The van der Waals surface area contributed by atoms with Crippen LogP contribution in [-0.4, -0.2) is 40.9 Å². The van der Waals surface area contributed by atoms with Gasteiger partial charge in [0.1, 0.15) is 4.90 Å². The average molecular weight is 405 g/mol. The van der Waals surface area contributed by atoms with E-state index in [9.17, 15) is 8.42 Å². The number of aromatic nitrogens is 3. The highest BCUT2D eigenvalue weighted by atomic mass is 32.2. The summed E-state index contributed by atoms with van der Waals surface area (Å²) in [5.41, 5.74) is 0.890. The molecule has 2 heterocycles. The van der Waals surface area contributed by atoms with Crippen molar-refractivity contribution in [3.8, 4) is 11.4 Å². The Kier molecular flexibility index (Phi) is 6.25. The first-order valence-corrected chi connectivity index (χ1v) is 10.9. The highest BCUT2D eigenvalue weighted by Gasteiger charge is 2.21. The Hall–Kier alpha value is -2.23. The van der Waals surface area contributed by atoms with Crippen molar-refractivity contribution in [2.24, 2.45) is 0 Å². The molecule has 0 N–H and O–H groups in total. The second-order valence-corrected chi connectivity index (χ2v) is 8.52. The predicted octanol–water partition coefficient (Wildman–Crippen LogP) is 3.45. The lowest BCUT2D eigenvalue weighted by Gasteiger charge is -2.18. The van der Waals surface area contributed by atoms with Crippen molar-refractivity contribution in [3.63, 3.8) is 0 Å². The van der Waals surface area contributed by atoms with Gasteiger partial charge in [0.25, 0.3) is 0 Å². The fourth-order valence-electron chi connectivity index (χ4n) is 2.47. The number of nitrogens with zero attached hydrogens (tertiary/aromatic N) is 4. The van der Waals surface area contributed by atoms with Crippen LogP contribution in [0.4, 0.5) is 0 Å². The summed E-state index contributed by atoms with van der Waals surface area (Å²) in [6, 6.07) is 12.9. The van der Waals surface area contributed by atoms with Gasteiger partial charge in [-0.15, -0.1) is 0 Å². The molecule has 0 bridgehead atoms. The molecule has 0 spiro atoms. The van der Waals surface area contributed by atoms with Crippen molar-refractivity contribution in [1.82, 2.24) is 19.4 Å². The van der Waals surface area contributed by atoms with Crippen LogP contribution in [0.5, 0.6) is 0 Å². The predicted molar refractivity (Wildman–Crippen MR) is 104 cm³/mol. The molecule has 3 rings (SSSR count). The Balaban J connectivity index is 1.65. The van der Waals surface area contributed by atoms with Gasteiger partial charge in [0, 0.05) is 24.8 Å². The maximum Gasteiger partial charge on any atom is 0.244 e. The van der Waals surface area contributed by atoms with Crippen molar-refractivity contribution < 1.29 is 12.9 Å². The van der Waals surface area contributed by atoms with Crippen molar-refractivity contribution in [3.05, 3.63) is 54.6 Å². The third-order valence-electron chi connectivity index (χ3n) is 3.90. The van der Waals surface area contributed by atoms with Gasteiger partial charge in [0.2, 0.25) is 21.7 Å². The van der Waals surface area contributed by atoms with Crippen LogP contribution in [0, 0.1) is 0 Å². The summed E-state index contributed by atoms with van der Waals surface area (Å²) in [5, 5.41) is 4.67. The van der Waals surface area contributed by atoms with Gasteiger partial charge in [-0.05, 0) is 12.1 Å². The normalized spacial score (nSPS) is 11.8. The number of hydrogen-bond donors (Lipinski definition) is 0. The average Bonchev–Trinajstić information content (AvgIpc) is 3.17. The summed E-state index contributed by atoms with van der Waals surface area (Å²) in [6.45, 7) is 4.48. The molecular weight excluding hydrogens is 384 g/mol. The molecule has 0 amide bonds. The minimum absolute atomic E-state index is 0.194. The number of hydrogen-bond acceptors (Lipinski definition) is 7. The molecule has 0 fully saturated rings. The van der Waals surface area contributed by atoms with E-state index >= 15 is 0 Å². The van der Waals surface area contributed by atoms with E-state index in [1.807, 2.05) is 44.2 Å². The number of pyridine rings is 1. The van der Waals surface area contributed by atoms with E-state index in [2.05, 4.69) is 15.1 Å². The third-order valence-corrected chi connectivity index (χ3v) is 6.86. The maximum atomic E-state index is 12.5. The fraction of sp³-hybridized carbons (Fsp3) is 0.278. The monoisotopic (exact) mass is 404 g/mol. The molecule has 9 heteroatoms. The van der Waals surface area contributed by atoms with Gasteiger partial charge < -0.3 is 4.52 Å². The summed E-state index contributed by atoms with van der Waals surface area (Å²) in [5.74, 6) is 1.48. The van der Waals surface area contributed by atoms with Crippen LogP contribution in [0.15, 0.2) is 63.1 Å². The van der Waals surface area contributed by atoms with Crippen LogP contribution in [0.2, 0.25) is 0 Å². The van der Waals surface area contributed by atoms with Crippen LogP contribution < -0.4 is 0 Å². The Bertz CT molecular complexity index is 969. The molecule has 142 valence electrons. The van der Waals surface area contributed by atoms with E-state index in [4.69, 9.17) is 4.52 Å².